The Balaban J connectivity index is 3.06. The molecule has 106 valence electrons. The minimum Gasteiger partial charge on any atom is -0.497 e. The number of carbonyl (C=O) groups is 1. The average molecular weight is 285 g/mol. The van der Waals surface area contributed by atoms with E-state index in [2.05, 4.69) is 0 Å². The van der Waals surface area contributed by atoms with Crippen molar-refractivity contribution in [3.8, 4) is 5.75 Å². The fourth-order valence-electron chi connectivity index (χ4n) is 1.66. The van der Waals surface area contributed by atoms with Crippen LogP contribution in [0.3, 0.4) is 0 Å². The zero-order valence-corrected chi connectivity index (χ0v) is 12.2. The first-order valence-corrected chi connectivity index (χ1v) is 7.43. The molecule has 0 spiro atoms. The molecule has 0 aliphatic heterocycles. The highest BCUT2D eigenvalue weighted by Gasteiger charge is 2.24. The number of hydrogen-bond donors (Lipinski definition) is 0. The lowest BCUT2D eigenvalue weighted by Gasteiger charge is -2.21. The van der Waals surface area contributed by atoms with Crippen LogP contribution in [-0.4, -0.2) is 39.2 Å². The van der Waals surface area contributed by atoms with Gasteiger partial charge in [0.1, 0.15) is 12.0 Å². The molecule has 1 aromatic rings. The van der Waals surface area contributed by atoms with Gasteiger partial charge >= 0.3 is 0 Å². The maximum absolute atomic E-state index is 12.4. The van der Waals surface area contributed by atoms with Crippen LogP contribution >= 0.6 is 0 Å². The van der Waals surface area contributed by atoms with Crippen LogP contribution in [0.2, 0.25) is 0 Å². The second kappa shape index (κ2) is 6.68. The van der Waals surface area contributed by atoms with E-state index in [1.54, 1.807) is 12.1 Å². The monoisotopic (exact) mass is 285 g/mol. The third-order valence-corrected chi connectivity index (χ3v) is 4.39. The first-order valence-electron chi connectivity index (χ1n) is 5.99. The third kappa shape index (κ3) is 4.04. The van der Waals surface area contributed by atoms with Gasteiger partial charge in [-0.25, -0.2) is 8.42 Å². The lowest BCUT2D eigenvalue weighted by atomic mass is 10.2. The van der Waals surface area contributed by atoms with Crippen molar-refractivity contribution in [1.29, 1.82) is 0 Å². The molecule has 0 saturated carbocycles. The molecule has 6 heteroatoms. The summed E-state index contributed by atoms with van der Waals surface area (Å²) in [5.74, 6) is 0.734. The van der Waals surface area contributed by atoms with Crippen LogP contribution in [0.15, 0.2) is 29.2 Å². The Morgan fingerprint density at radius 1 is 1.26 bits per heavy atom. The van der Waals surface area contributed by atoms with Gasteiger partial charge in [-0.05, 0) is 30.2 Å². The van der Waals surface area contributed by atoms with E-state index in [-0.39, 0.29) is 17.4 Å². The lowest BCUT2D eigenvalue weighted by Crippen LogP contribution is -2.35. The van der Waals surface area contributed by atoms with Gasteiger partial charge in [-0.2, -0.15) is 4.31 Å². The molecule has 19 heavy (non-hydrogen) atoms. The Morgan fingerprint density at radius 2 is 1.84 bits per heavy atom. The number of carbonyl (C=O) groups excluding carboxylic acids is 1. The first-order chi connectivity index (χ1) is 8.91. The Hall–Kier alpha value is -1.40. The smallest absolute Gasteiger partial charge is 0.243 e. The molecular weight excluding hydrogens is 266 g/mol. The summed E-state index contributed by atoms with van der Waals surface area (Å²) in [6, 6.07) is 6.13. The molecule has 0 aromatic heterocycles. The fraction of sp³-hybridized carbons (Fsp3) is 0.462. The fourth-order valence-corrected chi connectivity index (χ4v) is 3.19. The number of aldehydes is 1. The molecule has 1 aromatic carbocycles. The van der Waals surface area contributed by atoms with E-state index in [1.165, 1.54) is 23.5 Å². The zero-order chi connectivity index (χ0) is 14.5. The van der Waals surface area contributed by atoms with Crippen molar-refractivity contribution < 1.29 is 17.9 Å². The Morgan fingerprint density at radius 3 is 2.26 bits per heavy atom. The van der Waals surface area contributed by atoms with Crippen molar-refractivity contribution in [2.24, 2.45) is 5.92 Å². The quantitative estimate of drug-likeness (QED) is 0.713. The summed E-state index contributed by atoms with van der Waals surface area (Å²) in [4.78, 5) is 10.8. The molecule has 0 unspecified atom stereocenters. The minimum absolute atomic E-state index is 0.132. The number of benzene rings is 1. The highest BCUT2D eigenvalue weighted by atomic mass is 32.2. The topological polar surface area (TPSA) is 63.7 Å². The van der Waals surface area contributed by atoms with E-state index in [4.69, 9.17) is 4.74 Å². The first kappa shape index (κ1) is 15.7. The van der Waals surface area contributed by atoms with E-state index in [0.717, 1.165) is 0 Å². The summed E-state index contributed by atoms with van der Waals surface area (Å²) >= 11 is 0. The molecule has 0 atom stereocenters. The van der Waals surface area contributed by atoms with Crippen LogP contribution in [0.1, 0.15) is 13.8 Å². The van der Waals surface area contributed by atoms with Crippen LogP contribution in [0.25, 0.3) is 0 Å². The van der Waals surface area contributed by atoms with Crippen molar-refractivity contribution in [2.75, 3.05) is 20.2 Å². The number of nitrogens with zero attached hydrogens (tertiary/aromatic N) is 1. The summed E-state index contributed by atoms with van der Waals surface area (Å²) in [7, 11) is -2.12. The molecule has 1 rings (SSSR count). The number of ether oxygens (including phenoxy) is 1. The number of hydrogen-bond acceptors (Lipinski definition) is 4. The molecule has 0 heterocycles. The second-order valence-electron chi connectivity index (χ2n) is 4.56. The zero-order valence-electron chi connectivity index (χ0n) is 11.4. The van der Waals surface area contributed by atoms with E-state index in [9.17, 15) is 13.2 Å². The SMILES string of the molecule is COc1ccc(S(=O)(=O)N(CC=O)CC(C)C)cc1. The summed E-state index contributed by atoms with van der Waals surface area (Å²) in [6.45, 7) is 3.99. The third-order valence-electron chi connectivity index (χ3n) is 2.54. The molecule has 0 radical (unpaired) electrons. The number of rotatable bonds is 7. The van der Waals surface area contributed by atoms with E-state index in [0.29, 0.717) is 18.6 Å². The molecular formula is C13H19NO4S. The van der Waals surface area contributed by atoms with Gasteiger partial charge in [-0.15, -0.1) is 0 Å². The predicted molar refractivity (Wildman–Crippen MR) is 72.7 cm³/mol. The van der Waals surface area contributed by atoms with Gasteiger partial charge in [0.25, 0.3) is 0 Å². The van der Waals surface area contributed by atoms with Crippen molar-refractivity contribution in [2.45, 2.75) is 18.7 Å². The maximum Gasteiger partial charge on any atom is 0.243 e. The molecule has 0 aliphatic carbocycles. The Labute approximate surface area is 114 Å². The highest BCUT2D eigenvalue weighted by Crippen LogP contribution is 2.19. The van der Waals surface area contributed by atoms with Crippen LogP contribution in [-0.2, 0) is 14.8 Å². The summed E-state index contributed by atoms with van der Waals surface area (Å²) in [5.41, 5.74) is 0. The standard InChI is InChI=1S/C13H19NO4S/c1-11(2)10-14(8-9-15)19(16,17)13-6-4-12(18-3)5-7-13/h4-7,9,11H,8,10H2,1-3H3. The van der Waals surface area contributed by atoms with E-state index in [1.807, 2.05) is 13.8 Å². The van der Waals surface area contributed by atoms with E-state index >= 15 is 0 Å². The normalized spacial score (nSPS) is 11.8. The highest BCUT2D eigenvalue weighted by molar-refractivity contribution is 7.89. The van der Waals surface area contributed by atoms with Crippen molar-refractivity contribution in [3.63, 3.8) is 0 Å². The molecule has 0 saturated heterocycles. The largest absolute Gasteiger partial charge is 0.497 e. The van der Waals surface area contributed by atoms with Gasteiger partial charge in [-0.3, -0.25) is 0 Å². The molecule has 0 N–H and O–H groups in total. The molecule has 0 amide bonds. The number of sulfonamides is 1. The number of methoxy groups -OCH3 is 1. The summed E-state index contributed by atoms with van der Waals surface area (Å²) in [5, 5.41) is 0. The Bertz CT molecular complexity index is 508. The van der Waals surface area contributed by atoms with Crippen molar-refractivity contribution in [3.05, 3.63) is 24.3 Å². The minimum atomic E-state index is -3.64. The van der Waals surface area contributed by atoms with Crippen LogP contribution < -0.4 is 4.74 Å². The van der Waals surface area contributed by atoms with Gasteiger partial charge in [0, 0.05) is 6.54 Å². The van der Waals surface area contributed by atoms with Gasteiger partial charge in [0.15, 0.2) is 0 Å². The predicted octanol–water partition coefficient (Wildman–Crippen LogP) is 1.54. The van der Waals surface area contributed by atoms with Gasteiger partial charge in [0.2, 0.25) is 10.0 Å². The van der Waals surface area contributed by atoms with Crippen molar-refractivity contribution >= 4 is 16.3 Å². The molecule has 0 fully saturated rings. The van der Waals surface area contributed by atoms with Crippen LogP contribution in [0, 0.1) is 5.92 Å². The summed E-state index contributed by atoms with van der Waals surface area (Å²) < 4.78 is 30.9. The Kier molecular flexibility index (Phi) is 5.50. The van der Waals surface area contributed by atoms with Gasteiger partial charge in [-0.1, -0.05) is 13.8 Å². The molecule has 0 aliphatic rings. The molecule has 5 nitrogen and oxygen atoms in total. The van der Waals surface area contributed by atoms with Crippen LogP contribution in [0.5, 0.6) is 5.75 Å². The summed E-state index contributed by atoms with van der Waals surface area (Å²) in [6.07, 6.45) is 0.601. The average Bonchev–Trinajstić information content (AvgIpc) is 2.38. The molecule has 0 bridgehead atoms. The van der Waals surface area contributed by atoms with Crippen molar-refractivity contribution in [1.82, 2.24) is 4.31 Å². The van der Waals surface area contributed by atoms with E-state index < -0.39 is 10.0 Å². The maximum atomic E-state index is 12.4. The second-order valence-corrected chi connectivity index (χ2v) is 6.50. The lowest BCUT2D eigenvalue weighted by molar-refractivity contribution is -0.108. The van der Waals surface area contributed by atoms with Gasteiger partial charge in [0.05, 0.1) is 18.6 Å². The van der Waals surface area contributed by atoms with Gasteiger partial charge < -0.3 is 9.53 Å². The van der Waals surface area contributed by atoms with Crippen LogP contribution in [0.4, 0.5) is 0 Å².